The number of carbonyl (C=O) groups excluding carboxylic acids is 2. The molecule has 0 radical (unpaired) electrons. The smallest absolute Gasteiger partial charge is 0.417 e. The van der Waals surface area contributed by atoms with Gasteiger partial charge < -0.3 is 14.8 Å². The molecule has 2 amide bonds. The monoisotopic (exact) mass is 543 g/mol. The van der Waals surface area contributed by atoms with E-state index in [0.717, 1.165) is 25.5 Å². The molecule has 1 aliphatic carbocycles. The number of nitrogens with one attached hydrogen (secondary N) is 2. The number of carbonyl (C=O) groups is 2. The number of hydrogen-bond donors (Lipinski definition) is 2. The molecule has 2 heterocycles. The Balaban J connectivity index is 1.73. The molecule has 1 saturated carbocycles. The first-order valence-electron chi connectivity index (χ1n) is 11.9. The molecule has 4 rings (SSSR count). The molecule has 1 aromatic carbocycles. The molecule has 4 atom stereocenters. The van der Waals surface area contributed by atoms with Crippen LogP contribution in [0, 0.1) is 17.6 Å². The normalized spacial score (nSPS) is 25.5. The number of hydrogen-bond acceptors (Lipinski definition) is 6. The molecular weight excluding hydrogens is 517 g/mol. The second-order valence-electron chi connectivity index (χ2n) is 9.46. The number of amides is 2. The molecule has 1 saturated heterocycles. The predicted octanol–water partition coefficient (Wildman–Crippen LogP) is 4.66. The van der Waals surface area contributed by atoms with E-state index in [9.17, 15) is 31.5 Å². The van der Waals surface area contributed by atoms with Gasteiger partial charge in [-0.05, 0) is 44.4 Å². The van der Waals surface area contributed by atoms with Crippen LogP contribution in [0.1, 0.15) is 55.1 Å². The fourth-order valence-corrected chi connectivity index (χ4v) is 4.60. The fourth-order valence-electron chi connectivity index (χ4n) is 4.60. The first-order valence-corrected chi connectivity index (χ1v) is 11.9. The summed E-state index contributed by atoms with van der Waals surface area (Å²) in [7, 11) is 1.21. The Kier molecular flexibility index (Phi) is 7.62. The van der Waals surface area contributed by atoms with Crippen molar-refractivity contribution in [1.82, 2.24) is 10.5 Å². The third-order valence-corrected chi connectivity index (χ3v) is 7.16. The molecular formula is C25H26F5N3O5. The standard InChI is InChI=1S/C25H26F5N3O5/c1-12-18(15-7-8-16(26)19(27)20(15)37-14-5-4-6-14)21(38-24(12,2)25(28,29)30)23(35)32-13-9-10-31-17(11-13)22(34)33-36-3/h7-12,14,18,21H,4-6H2,1-3H3,(H,33,34)(H,31,32,35)/t12-,18-,21+,24+/m0/s1. The van der Waals surface area contributed by atoms with Crippen LogP contribution in [0.25, 0.3) is 0 Å². The lowest BCUT2D eigenvalue weighted by Crippen LogP contribution is -2.47. The van der Waals surface area contributed by atoms with Crippen molar-refractivity contribution in [3.8, 4) is 5.75 Å². The van der Waals surface area contributed by atoms with Crippen molar-refractivity contribution in [2.45, 2.75) is 63.0 Å². The number of halogens is 5. The van der Waals surface area contributed by atoms with E-state index in [2.05, 4.69) is 20.6 Å². The van der Waals surface area contributed by atoms with Crippen LogP contribution in [0.3, 0.4) is 0 Å². The first-order chi connectivity index (χ1) is 17.9. The Bertz CT molecular complexity index is 1220. The van der Waals surface area contributed by atoms with E-state index in [0.29, 0.717) is 12.8 Å². The maximum atomic E-state index is 14.9. The Morgan fingerprint density at radius 2 is 1.89 bits per heavy atom. The van der Waals surface area contributed by atoms with Crippen LogP contribution in [0.15, 0.2) is 30.5 Å². The summed E-state index contributed by atoms with van der Waals surface area (Å²) >= 11 is 0. The fraction of sp³-hybridized carbons (Fsp3) is 0.480. The van der Waals surface area contributed by atoms with Gasteiger partial charge in [0.05, 0.1) is 13.2 Å². The second kappa shape index (κ2) is 10.4. The number of hydroxylamine groups is 1. The summed E-state index contributed by atoms with van der Waals surface area (Å²) in [5, 5.41) is 2.44. The summed E-state index contributed by atoms with van der Waals surface area (Å²) in [6, 6.07) is 4.41. The quantitative estimate of drug-likeness (QED) is 0.390. The summed E-state index contributed by atoms with van der Waals surface area (Å²) in [5.74, 6) is -7.56. The van der Waals surface area contributed by atoms with Gasteiger partial charge in [0.15, 0.2) is 17.2 Å². The molecule has 1 aromatic heterocycles. The van der Waals surface area contributed by atoms with Crippen LogP contribution in [0.5, 0.6) is 5.75 Å². The van der Waals surface area contributed by atoms with Crippen LogP contribution >= 0.6 is 0 Å². The van der Waals surface area contributed by atoms with Gasteiger partial charge in [-0.2, -0.15) is 17.6 Å². The molecule has 13 heteroatoms. The zero-order valence-corrected chi connectivity index (χ0v) is 20.7. The predicted molar refractivity (Wildman–Crippen MR) is 123 cm³/mol. The summed E-state index contributed by atoms with van der Waals surface area (Å²) in [5.41, 5.74) is -0.941. The van der Waals surface area contributed by atoms with E-state index in [1.54, 1.807) is 0 Å². The molecule has 2 fully saturated rings. The minimum atomic E-state index is -4.89. The Morgan fingerprint density at radius 1 is 1.18 bits per heavy atom. The molecule has 38 heavy (non-hydrogen) atoms. The summed E-state index contributed by atoms with van der Waals surface area (Å²) in [4.78, 5) is 33.7. The zero-order chi connectivity index (χ0) is 27.8. The van der Waals surface area contributed by atoms with Gasteiger partial charge in [-0.15, -0.1) is 0 Å². The van der Waals surface area contributed by atoms with Gasteiger partial charge in [0.2, 0.25) is 5.82 Å². The number of benzene rings is 1. The zero-order valence-electron chi connectivity index (χ0n) is 20.7. The number of anilines is 1. The lowest BCUT2D eigenvalue weighted by Gasteiger charge is -2.32. The Morgan fingerprint density at radius 3 is 2.50 bits per heavy atom. The maximum Gasteiger partial charge on any atom is 0.417 e. The first kappa shape index (κ1) is 27.7. The van der Waals surface area contributed by atoms with E-state index in [1.807, 2.05) is 0 Å². The Hall–Kier alpha value is -3.32. The molecule has 2 N–H and O–H groups in total. The lowest BCUT2D eigenvalue weighted by molar-refractivity contribution is -0.272. The van der Waals surface area contributed by atoms with Gasteiger partial charge in [0, 0.05) is 29.3 Å². The van der Waals surface area contributed by atoms with Gasteiger partial charge >= 0.3 is 6.18 Å². The van der Waals surface area contributed by atoms with E-state index in [1.165, 1.54) is 32.4 Å². The number of nitrogens with zero attached hydrogens (tertiary/aromatic N) is 1. The minimum absolute atomic E-state index is 0.0399. The number of pyridine rings is 1. The van der Waals surface area contributed by atoms with Crippen molar-refractivity contribution in [2.75, 3.05) is 12.4 Å². The van der Waals surface area contributed by atoms with Crippen LogP contribution < -0.4 is 15.5 Å². The summed E-state index contributed by atoms with van der Waals surface area (Å²) < 4.78 is 82.7. The lowest BCUT2D eigenvalue weighted by atomic mass is 9.76. The van der Waals surface area contributed by atoms with Crippen molar-refractivity contribution < 1.29 is 45.9 Å². The van der Waals surface area contributed by atoms with E-state index >= 15 is 0 Å². The van der Waals surface area contributed by atoms with E-state index in [4.69, 9.17) is 9.47 Å². The average Bonchev–Trinajstić information content (AvgIpc) is 3.11. The van der Waals surface area contributed by atoms with Gasteiger partial charge in [0.1, 0.15) is 11.8 Å². The minimum Gasteiger partial charge on any atom is -0.487 e. The van der Waals surface area contributed by atoms with Crippen molar-refractivity contribution in [1.29, 1.82) is 0 Å². The van der Waals surface area contributed by atoms with Crippen LogP contribution in [-0.2, 0) is 14.4 Å². The van der Waals surface area contributed by atoms with Crippen LogP contribution in [-0.4, -0.2) is 47.9 Å². The third kappa shape index (κ3) is 5.04. The van der Waals surface area contributed by atoms with Crippen LogP contribution in [0.4, 0.5) is 27.6 Å². The largest absolute Gasteiger partial charge is 0.487 e. The Labute approximate surface area is 214 Å². The molecule has 1 aliphatic heterocycles. The SMILES string of the molecule is CONC(=O)c1cc(NC(=O)[C@@H]2O[C@@](C)(C(F)(F)F)[C@@H](C)[C@H]2c2ccc(F)c(F)c2OC2CCC2)ccn1. The highest BCUT2D eigenvalue weighted by Crippen LogP contribution is 2.55. The number of rotatable bonds is 7. The number of aromatic nitrogens is 1. The average molecular weight is 543 g/mol. The molecule has 0 bridgehead atoms. The third-order valence-electron chi connectivity index (χ3n) is 7.16. The van der Waals surface area contributed by atoms with E-state index < -0.39 is 65.0 Å². The highest BCUT2D eigenvalue weighted by atomic mass is 19.4. The molecule has 206 valence electrons. The number of alkyl halides is 3. The maximum absolute atomic E-state index is 14.9. The van der Waals surface area contributed by atoms with Crippen LogP contribution in [0.2, 0.25) is 0 Å². The topological polar surface area (TPSA) is 98.8 Å². The van der Waals surface area contributed by atoms with Crippen molar-refractivity contribution in [3.05, 3.63) is 53.4 Å². The highest BCUT2D eigenvalue weighted by molar-refractivity contribution is 5.97. The molecule has 0 unspecified atom stereocenters. The molecule has 0 spiro atoms. The van der Waals surface area contributed by atoms with Crippen molar-refractivity contribution >= 4 is 17.5 Å². The van der Waals surface area contributed by atoms with Gasteiger partial charge in [-0.1, -0.05) is 13.0 Å². The molecule has 8 nitrogen and oxygen atoms in total. The van der Waals surface area contributed by atoms with Gasteiger partial charge in [-0.3, -0.25) is 19.4 Å². The molecule has 2 aliphatic rings. The van der Waals surface area contributed by atoms with Gasteiger partial charge in [-0.25, -0.2) is 9.87 Å². The second-order valence-corrected chi connectivity index (χ2v) is 9.46. The van der Waals surface area contributed by atoms with Gasteiger partial charge in [0.25, 0.3) is 11.8 Å². The summed E-state index contributed by atoms with van der Waals surface area (Å²) in [6.45, 7) is 2.05. The van der Waals surface area contributed by atoms with E-state index in [-0.39, 0.29) is 16.9 Å². The number of ether oxygens (including phenoxy) is 2. The summed E-state index contributed by atoms with van der Waals surface area (Å²) in [6.07, 6.45) is -3.90. The highest BCUT2D eigenvalue weighted by Gasteiger charge is 2.66. The molecule has 2 aromatic rings. The van der Waals surface area contributed by atoms with Crippen molar-refractivity contribution in [2.24, 2.45) is 5.92 Å². The van der Waals surface area contributed by atoms with Crippen molar-refractivity contribution in [3.63, 3.8) is 0 Å².